The van der Waals surface area contributed by atoms with E-state index in [2.05, 4.69) is 11.4 Å². The van der Waals surface area contributed by atoms with Gasteiger partial charge in [-0.1, -0.05) is 30.3 Å². The number of benzene rings is 2. The molecule has 0 aliphatic carbocycles. The van der Waals surface area contributed by atoms with Gasteiger partial charge in [0, 0.05) is 13.5 Å². The van der Waals surface area contributed by atoms with Gasteiger partial charge in [0.2, 0.25) is 0 Å². The number of allylic oxidation sites excluding steroid dienone is 1. The number of nitriles is 1. The molecule has 142 valence electrons. The molecule has 1 heterocycles. The van der Waals surface area contributed by atoms with Crippen molar-refractivity contribution in [1.82, 2.24) is 10.2 Å². The number of amides is 2. The summed E-state index contributed by atoms with van der Waals surface area (Å²) in [6, 6.07) is 14.9. The van der Waals surface area contributed by atoms with Crippen LogP contribution in [0.2, 0.25) is 0 Å². The van der Waals surface area contributed by atoms with Gasteiger partial charge in [-0.25, -0.2) is 4.39 Å². The topological polar surface area (TPSA) is 73.2 Å². The molecule has 1 saturated heterocycles. The first-order valence-electron chi connectivity index (χ1n) is 8.82. The third-order valence-corrected chi connectivity index (χ3v) is 5.27. The molecule has 1 aliphatic heterocycles. The van der Waals surface area contributed by atoms with Crippen LogP contribution in [0, 0.1) is 17.1 Å². The summed E-state index contributed by atoms with van der Waals surface area (Å²) in [7, 11) is 1.58. The van der Waals surface area contributed by atoms with Crippen LogP contribution in [-0.2, 0) is 16.0 Å². The average molecular weight is 377 g/mol. The summed E-state index contributed by atoms with van der Waals surface area (Å²) in [5, 5.41) is 12.1. The number of hydrogen-bond acceptors (Lipinski definition) is 3. The number of rotatable bonds is 3. The van der Waals surface area contributed by atoms with Crippen LogP contribution in [-0.4, -0.2) is 29.3 Å². The number of nitrogens with one attached hydrogen (secondary N) is 1. The minimum atomic E-state index is -1.12. The zero-order valence-corrected chi connectivity index (χ0v) is 15.9. The van der Waals surface area contributed by atoms with Gasteiger partial charge in [0.25, 0.3) is 11.8 Å². The summed E-state index contributed by atoms with van der Waals surface area (Å²) in [6.45, 7) is 3.39. The molecule has 0 radical (unpaired) electrons. The number of carbonyl (C=O) groups is 2. The smallest absolute Gasteiger partial charge is 0.271 e. The molecular formula is C22H20FN3O2. The van der Waals surface area contributed by atoms with Crippen LogP contribution in [0.25, 0.3) is 5.57 Å². The molecule has 3 rings (SSSR count). The fourth-order valence-electron chi connectivity index (χ4n) is 3.34. The largest absolute Gasteiger partial charge is 0.326 e. The maximum Gasteiger partial charge on any atom is 0.271 e. The van der Waals surface area contributed by atoms with Gasteiger partial charge >= 0.3 is 0 Å². The summed E-state index contributed by atoms with van der Waals surface area (Å²) in [6.07, 6.45) is 0.252. The molecule has 0 aromatic heterocycles. The van der Waals surface area contributed by atoms with Crippen molar-refractivity contribution in [2.24, 2.45) is 0 Å². The molecule has 0 spiro atoms. The molecule has 2 aromatic carbocycles. The van der Waals surface area contributed by atoms with Crippen molar-refractivity contribution in [3.05, 3.63) is 76.7 Å². The van der Waals surface area contributed by atoms with Crippen LogP contribution < -0.4 is 5.32 Å². The van der Waals surface area contributed by atoms with E-state index in [1.807, 2.05) is 0 Å². The second-order valence-electron chi connectivity index (χ2n) is 7.05. The number of halogens is 1. The number of nitrogens with zero attached hydrogens (tertiary/aromatic N) is 2. The second-order valence-corrected chi connectivity index (χ2v) is 7.05. The minimum absolute atomic E-state index is 0.159. The minimum Gasteiger partial charge on any atom is -0.326 e. The van der Waals surface area contributed by atoms with Gasteiger partial charge in [-0.05, 0) is 48.7 Å². The summed E-state index contributed by atoms with van der Waals surface area (Å²) in [5.74, 6) is -1.03. The van der Waals surface area contributed by atoms with E-state index in [0.29, 0.717) is 16.7 Å². The van der Waals surface area contributed by atoms with Crippen LogP contribution in [0.5, 0.6) is 0 Å². The lowest BCUT2D eigenvalue weighted by molar-refractivity contribution is -0.147. The van der Waals surface area contributed by atoms with Gasteiger partial charge in [0.15, 0.2) is 0 Å². The van der Waals surface area contributed by atoms with E-state index in [-0.39, 0.29) is 29.7 Å². The van der Waals surface area contributed by atoms with Crippen LogP contribution in [0.1, 0.15) is 30.5 Å². The number of piperazine rings is 1. The zero-order valence-electron chi connectivity index (χ0n) is 15.9. The third-order valence-electron chi connectivity index (χ3n) is 5.27. The molecule has 5 nitrogen and oxygen atoms in total. The SMILES string of the molecule is CC(=C1NC(=O)C(C)(Cc2ccc(F)cc2)N(C)C1=O)c1ccccc1C#N. The Morgan fingerprint density at radius 3 is 2.46 bits per heavy atom. The quantitative estimate of drug-likeness (QED) is 0.836. The Morgan fingerprint density at radius 1 is 1.18 bits per heavy atom. The second kappa shape index (κ2) is 7.28. The van der Waals surface area contributed by atoms with Gasteiger partial charge in [0.05, 0.1) is 11.6 Å². The highest BCUT2D eigenvalue weighted by molar-refractivity contribution is 6.10. The molecular weight excluding hydrogens is 357 g/mol. The van der Waals surface area contributed by atoms with E-state index in [1.165, 1.54) is 17.0 Å². The number of carbonyl (C=O) groups excluding carboxylic acids is 2. The first kappa shape index (κ1) is 19.3. The van der Waals surface area contributed by atoms with Crippen molar-refractivity contribution in [3.63, 3.8) is 0 Å². The maximum atomic E-state index is 13.2. The molecule has 1 aliphatic rings. The molecule has 6 heteroatoms. The molecule has 0 saturated carbocycles. The van der Waals surface area contributed by atoms with E-state index in [0.717, 1.165) is 5.56 Å². The lowest BCUT2D eigenvalue weighted by atomic mass is 9.87. The van der Waals surface area contributed by atoms with Crippen LogP contribution >= 0.6 is 0 Å². The van der Waals surface area contributed by atoms with Gasteiger partial charge in [0.1, 0.15) is 17.1 Å². The van der Waals surface area contributed by atoms with Gasteiger partial charge in [-0.3, -0.25) is 9.59 Å². The Labute approximate surface area is 163 Å². The van der Waals surface area contributed by atoms with E-state index in [1.54, 1.807) is 57.3 Å². The van der Waals surface area contributed by atoms with Crippen LogP contribution in [0.15, 0.2) is 54.2 Å². The van der Waals surface area contributed by atoms with Crippen molar-refractivity contribution < 1.29 is 14.0 Å². The van der Waals surface area contributed by atoms with Crippen LogP contribution in [0.4, 0.5) is 4.39 Å². The molecule has 28 heavy (non-hydrogen) atoms. The third kappa shape index (κ3) is 3.27. The molecule has 1 fully saturated rings. The van der Waals surface area contributed by atoms with E-state index >= 15 is 0 Å². The van der Waals surface area contributed by atoms with Gasteiger partial charge in [-0.15, -0.1) is 0 Å². The molecule has 1 atom stereocenters. The summed E-state index contributed by atoms with van der Waals surface area (Å²) in [4.78, 5) is 27.4. The lowest BCUT2D eigenvalue weighted by Crippen LogP contribution is -2.64. The predicted octanol–water partition coefficient (Wildman–Crippen LogP) is 3.02. The van der Waals surface area contributed by atoms with E-state index < -0.39 is 5.54 Å². The Balaban J connectivity index is 1.98. The summed E-state index contributed by atoms with van der Waals surface area (Å²) in [5.41, 5.74) is 1.35. The number of likely N-dealkylation sites (N-methyl/N-ethyl adjacent to an activating group) is 1. The molecule has 0 bridgehead atoms. The fraction of sp³-hybridized carbons (Fsp3) is 0.227. The Bertz CT molecular complexity index is 1020. The first-order chi connectivity index (χ1) is 13.3. The normalized spacial score (nSPS) is 21.2. The van der Waals surface area contributed by atoms with Crippen molar-refractivity contribution in [3.8, 4) is 6.07 Å². The Hall–Kier alpha value is -3.46. The zero-order chi connectivity index (χ0) is 20.5. The highest BCUT2D eigenvalue weighted by Crippen LogP contribution is 2.30. The number of hydrogen-bond donors (Lipinski definition) is 1. The average Bonchev–Trinajstić information content (AvgIpc) is 2.70. The maximum absolute atomic E-state index is 13.2. The Morgan fingerprint density at radius 2 is 1.82 bits per heavy atom. The van der Waals surface area contributed by atoms with Crippen molar-refractivity contribution in [2.45, 2.75) is 25.8 Å². The monoisotopic (exact) mass is 377 g/mol. The summed E-state index contributed by atoms with van der Waals surface area (Å²) >= 11 is 0. The highest BCUT2D eigenvalue weighted by Gasteiger charge is 2.46. The Kier molecular flexibility index (Phi) is 5.02. The van der Waals surface area contributed by atoms with Crippen LogP contribution in [0.3, 0.4) is 0 Å². The predicted molar refractivity (Wildman–Crippen MR) is 103 cm³/mol. The van der Waals surface area contributed by atoms with Gasteiger partial charge in [-0.2, -0.15) is 5.26 Å². The van der Waals surface area contributed by atoms with Crippen molar-refractivity contribution in [2.75, 3.05) is 7.05 Å². The fourth-order valence-corrected chi connectivity index (χ4v) is 3.34. The van der Waals surface area contributed by atoms with Crippen molar-refractivity contribution >= 4 is 17.4 Å². The molecule has 1 unspecified atom stereocenters. The lowest BCUT2D eigenvalue weighted by Gasteiger charge is -2.42. The molecule has 2 amide bonds. The van der Waals surface area contributed by atoms with E-state index in [9.17, 15) is 19.2 Å². The van der Waals surface area contributed by atoms with Crippen molar-refractivity contribution in [1.29, 1.82) is 5.26 Å². The summed E-state index contributed by atoms with van der Waals surface area (Å²) < 4.78 is 13.2. The van der Waals surface area contributed by atoms with Gasteiger partial charge < -0.3 is 10.2 Å². The van der Waals surface area contributed by atoms with E-state index in [4.69, 9.17) is 0 Å². The molecule has 2 aromatic rings. The first-order valence-corrected chi connectivity index (χ1v) is 8.82. The molecule has 1 N–H and O–H groups in total. The standard InChI is InChI=1S/C22H20FN3O2/c1-14(18-7-5-4-6-16(18)13-24)19-20(27)26(3)22(2,21(28)25-19)12-15-8-10-17(23)11-9-15/h4-11H,12H2,1-3H3,(H,25,28). The highest BCUT2D eigenvalue weighted by atomic mass is 19.1.